The number of terminal acetylenes is 1. The van der Waals surface area contributed by atoms with Gasteiger partial charge in [-0.2, -0.15) is 0 Å². The molecule has 0 bridgehead atoms. The zero-order valence-electron chi connectivity index (χ0n) is 23.5. The molecule has 3 N–H and O–H groups in total. The summed E-state index contributed by atoms with van der Waals surface area (Å²) in [5, 5.41) is 5.70. The van der Waals surface area contributed by atoms with Gasteiger partial charge in [-0.05, 0) is 76.1 Å². The summed E-state index contributed by atoms with van der Waals surface area (Å²) in [6.45, 7) is 7.66. The predicted molar refractivity (Wildman–Crippen MR) is 154 cm³/mol. The van der Waals surface area contributed by atoms with Gasteiger partial charge in [0.25, 0.3) is 11.5 Å². The van der Waals surface area contributed by atoms with Crippen LogP contribution in [0.15, 0.2) is 47.3 Å². The molecule has 0 radical (unpaired) electrons. The van der Waals surface area contributed by atoms with Gasteiger partial charge in [-0.1, -0.05) is 12.0 Å². The highest BCUT2D eigenvalue weighted by atomic mass is 16.6. The normalized spacial score (nSPS) is 11.8. The number of amides is 2. The number of benzene rings is 2. The Kier molecular flexibility index (Phi) is 9.67. The summed E-state index contributed by atoms with van der Waals surface area (Å²) in [5.41, 5.74) is 1.64. The topological polar surface area (TPSA) is 133 Å². The Morgan fingerprint density at radius 2 is 1.85 bits per heavy atom. The van der Waals surface area contributed by atoms with Gasteiger partial charge in [0, 0.05) is 31.3 Å². The molecule has 0 unspecified atom stereocenters. The first kappa shape index (κ1) is 29.9. The van der Waals surface area contributed by atoms with Crippen molar-refractivity contribution in [1.29, 1.82) is 0 Å². The number of carbonyl (C=O) groups is 3. The second-order valence-corrected chi connectivity index (χ2v) is 10.4. The molecule has 1 heterocycles. The molecule has 0 saturated heterocycles. The third-order valence-electron chi connectivity index (χ3n) is 5.97. The number of aromatic amines is 1. The highest BCUT2D eigenvalue weighted by Crippen LogP contribution is 2.20. The van der Waals surface area contributed by atoms with Crippen LogP contribution in [0.4, 0.5) is 5.69 Å². The van der Waals surface area contributed by atoms with Gasteiger partial charge in [-0.15, -0.1) is 6.42 Å². The minimum Gasteiger partial charge on any atom is -0.458 e. The fourth-order valence-electron chi connectivity index (χ4n) is 4.06. The Labute approximate surface area is 233 Å². The highest BCUT2D eigenvalue weighted by molar-refractivity contribution is 5.97. The number of fused-ring (bicyclic) bond motifs is 1. The number of carbonyl (C=O) groups excluding carboxylic acids is 3. The van der Waals surface area contributed by atoms with Gasteiger partial charge in [-0.3, -0.25) is 14.4 Å². The van der Waals surface area contributed by atoms with Crippen LogP contribution in [0, 0.1) is 19.3 Å². The van der Waals surface area contributed by atoms with Crippen LogP contribution >= 0.6 is 0 Å². The van der Waals surface area contributed by atoms with E-state index in [0.717, 1.165) is 11.3 Å². The molecule has 0 aliphatic carbocycles. The van der Waals surface area contributed by atoms with E-state index in [9.17, 15) is 19.2 Å². The molecule has 0 aliphatic heterocycles. The van der Waals surface area contributed by atoms with Crippen molar-refractivity contribution in [3.63, 3.8) is 0 Å². The van der Waals surface area contributed by atoms with Crippen LogP contribution in [0.1, 0.15) is 55.4 Å². The first-order valence-corrected chi connectivity index (χ1v) is 12.9. The zero-order chi connectivity index (χ0) is 29.4. The summed E-state index contributed by atoms with van der Waals surface area (Å²) in [6.07, 6.45) is 5.77. The molecule has 3 aromatic rings. The van der Waals surface area contributed by atoms with E-state index in [1.54, 1.807) is 64.1 Å². The number of hydrogen-bond donors (Lipinski definition) is 3. The summed E-state index contributed by atoms with van der Waals surface area (Å²) >= 11 is 0. The third kappa shape index (κ3) is 8.17. The average molecular weight is 546 g/mol. The summed E-state index contributed by atoms with van der Waals surface area (Å²) < 4.78 is 5.44. The Balaban J connectivity index is 1.76. The monoisotopic (exact) mass is 545 g/mol. The van der Waals surface area contributed by atoms with E-state index in [-0.39, 0.29) is 24.3 Å². The van der Waals surface area contributed by atoms with E-state index in [4.69, 9.17) is 11.2 Å². The number of rotatable bonds is 10. The van der Waals surface area contributed by atoms with E-state index in [1.165, 1.54) is 7.05 Å². The van der Waals surface area contributed by atoms with Crippen molar-refractivity contribution < 1.29 is 19.1 Å². The highest BCUT2D eigenvalue weighted by Gasteiger charge is 2.27. The lowest BCUT2D eigenvalue weighted by atomic mass is 10.1. The van der Waals surface area contributed by atoms with E-state index in [2.05, 4.69) is 26.5 Å². The lowest BCUT2D eigenvalue weighted by Crippen LogP contribution is -2.44. The van der Waals surface area contributed by atoms with Crippen LogP contribution < -0.4 is 21.1 Å². The molecular weight excluding hydrogens is 510 g/mol. The van der Waals surface area contributed by atoms with E-state index in [1.807, 2.05) is 11.0 Å². The summed E-state index contributed by atoms with van der Waals surface area (Å²) in [6, 6.07) is 11.3. The van der Waals surface area contributed by atoms with Crippen LogP contribution in [0.25, 0.3) is 10.9 Å². The van der Waals surface area contributed by atoms with Crippen molar-refractivity contribution in [2.45, 2.75) is 58.7 Å². The maximum absolute atomic E-state index is 13.0. The Morgan fingerprint density at radius 3 is 2.48 bits per heavy atom. The van der Waals surface area contributed by atoms with E-state index < -0.39 is 23.5 Å². The Bertz CT molecular complexity index is 1480. The molecule has 10 heteroatoms. The van der Waals surface area contributed by atoms with Crippen molar-refractivity contribution in [2.24, 2.45) is 0 Å². The Hall–Kier alpha value is -4.65. The second-order valence-electron chi connectivity index (χ2n) is 10.4. The molecule has 0 aliphatic rings. The molecule has 1 aromatic heterocycles. The SMILES string of the molecule is C#CCN(Cc1ccc2nc(C)[nH]c(=O)c2c1)c1ccc(C(=O)N[C@@H](CCC(=O)NC)C(=O)OC(C)(C)C)cc1. The largest absolute Gasteiger partial charge is 0.458 e. The number of esters is 1. The lowest BCUT2D eigenvalue weighted by Gasteiger charge is -2.25. The average Bonchev–Trinajstić information content (AvgIpc) is 2.89. The van der Waals surface area contributed by atoms with E-state index >= 15 is 0 Å². The molecule has 0 spiro atoms. The van der Waals surface area contributed by atoms with Crippen LogP contribution in [0.5, 0.6) is 0 Å². The molecule has 3 rings (SSSR count). The van der Waals surface area contributed by atoms with Gasteiger partial charge in [0.05, 0.1) is 17.4 Å². The van der Waals surface area contributed by atoms with Crippen LogP contribution in [0.2, 0.25) is 0 Å². The number of ether oxygens (including phenoxy) is 1. The number of aryl methyl sites for hydroxylation is 1. The number of nitrogens with zero attached hydrogens (tertiary/aromatic N) is 2. The molecule has 1 atom stereocenters. The van der Waals surface area contributed by atoms with E-state index in [0.29, 0.717) is 35.4 Å². The number of anilines is 1. The quantitative estimate of drug-likeness (QED) is 0.264. The maximum atomic E-state index is 13.0. The van der Waals surface area contributed by atoms with Crippen molar-refractivity contribution in [3.8, 4) is 12.3 Å². The zero-order valence-corrected chi connectivity index (χ0v) is 23.5. The number of hydrogen-bond acceptors (Lipinski definition) is 7. The smallest absolute Gasteiger partial charge is 0.329 e. The van der Waals surface area contributed by atoms with Gasteiger partial charge in [0.15, 0.2) is 0 Å². The fraction of sp³-hybridized carbons (Fsp3) is 0.367. The molecule has 40 heavy (non-hydrogen) atoms. The minimum absolute atomic E-state index is 0.0526. The summed E-state index contributed by atoms with van der Waals surface area (Å²) in [7, 11) is 1.51. The molecule has 0 fully saturated rings. The van der Waals surface area contributed by atoms with Gasteiger partial charge in [-0.25, -0.2) is 9.78 Å². The number of nitrogens with one attached hydrogen (secondary N) is 3. The summed E-state index contributed by atoms with van der Waals surface area (Å²) in [5.74, 6) is 1.87. The fourth-order valence-corrected chi connectivity index (χ4v) is 4.06. The summed E-state index contributed by atoms with van der Waals surface area (Å²) in [4.78, 5) is 58.9. The standard InChI is InChI=1S/C30H35N5O5/c1-7-16-35(18-20-8-13-24-23(17-20)28(38)33-19(2)32-24)22-11-9-21(10-12-22)27(37)34-25(14-15-26(36)31-6)29(39)40-30(3,4)5/h1,8-13,17,25H,14-16,18H2,2-6H3,(H,31,36)(H,34,37)(H,32,33,38)/t25-/m0/s1. The molecule has 2 aromatic carbocycles. The molecule has 210 valence electrons. The second kappa shape index (κ2) is 12.9. The molecular formula is C30H35N5O5. The Morgan fingerprint density at radius 1 is 1.15 bits per heavy atom. The number of H-pyrrole nitrogens is 1. The van der Waals surface area contributed by atoms with Gasteiger partial charge >= 0.3 is 5.97 Å². The molecule has 10 nitrogen and oxygen atoms in total. The van der Waals surface area contributed by atoms with Crippen LogP contribution in [-0.2, 0) is 20.9 Å². The maximum Gasteiger partial charge on any atom is 0.329 e. The third-order valence-corrected chi connectivity index (χ3v) is 5.97. The van der Waals surface area contributed by atoms with Crippen molar-refractivity contribution in [3.05, 3.63) is 69.8 Å². The first-order chi connectivity index (χ1) is 18.9. The van der Waals surface area contributed by atoms with Crippen LogP contribution in [-0.4, -0.2) is 53.0 Å². The number of aromatic nitrogens is 2. The van der Waals surface area contributed by atoms with Crippen molar-refractivity contribution in [1.82, 2.24) is 20.6 Å². The first-order valence-electron chi connectivity index (χ1n) is 12.9. The minimum atomic E-state index is -0.990. The van der Waals surface area contributed by atoms with Crippen LogP contribution in [0.3, 0.4) is 0 Å². The molecule has 0 saturated carbocycles. The lowest BCUT2D eigenvalue weighted by molar-refractivity contribution is -0.157. The van der Waals surface area contributed by atoms with Crippen molar-refractivity contribution in [2.75, 3.05) is 18.5 Å². The van der Waals surface area contributed by atoms with Gasteiger partial charge in [0.2, 0.25) is 5.91 Å². The van der Waals surface area contributed by atoms with Crippen molar-refractivity contribution >= 4 is 34.4 Å². The van der Waals surface area contributed by atoms with Gasteiger partial charge in [0.1, 0.15) is 17.5 Å². The predicted octanol–water partition coefficient (Wildman–Crippen LogP) is 2.84. The van der Waals surface area contributed by atoms with Gasteiger partial charge < -0.3 is 25.3 Å². The molecule has 2 amide bonds.